The van der Waals surface area contributed by atoms with Crippen LogP contribution in [-0.2, 0) is 11.2 Å². The molecule has 28 heavy (non-hydrogen) atoms. The van der Waals surface area contributed by atoms with Gasteiger partial charge in [0, 0.05) is 23.8 Å². The fraction of sp³-hybridized carbons (Fsp3) is 0.182. The summed E-state index contributed by atoms with van der Waals surface area (Å²) in [6.45, 7) is 3.90. The molecule has 2 aromatic carbocycles. The van der Waals surface area contributed by atoms with Gasteiger partial charge in [0.05, 0.1) is 23.1 Å². The van der Waals surface area contributed by atoms with Gasteiger partial charge in [0.25, 0.3) is 11.8 Å². The van der Waals surface area contributed by atoms with E-state index in [1.165, 1.54) is 7.05 Å². The van der Waals surface area contributed by atoms with Crippen molar-refractivity contribution < 1.29 is 14.4 Å². The number of amides is 3. The smallest absolute Gasteiger partial charge is 0.261 e. The first-order valence-electron chi connectivity index (χ1n) is 8.98. The van der Waals surface area contributed by atoms with Crippen LogP contribution in [0.25, 0.3) is 10.9 Å². The zero-order valence-electron chi connectivity index (χ0n) is 15.9. The number of nitrogens with zero attached hydrogens (tertiary/aromatic N) is 2. The van der Waals surface area contributed by atoms with Gasteiger partial charge < -0.3 is 5.32 Å². The number of imide groups is 1. The number of carbonyl (C=O) groups excluding carboxylic acids is 3. The van der Waals surface area contributed by atoms with Crippen molar-refractivity contribution >= 4 is 34.3 Å². The van der Waals surface area contributed by atoms with Crippen molar-refractivity contribution in [2.75, 3.05) is 12.4 Å². The molecule has 3 amide bonds. The molecule has 0 fully saturated rings. The molecule has 1 aliphatic heterocycles. The van der Waals surface area contributed by atoms with Crippen molar-refractivity contribution in [1.82, 2.24) is 9.88 Å². The Labute approximate surface area is 162 Å². The van der Waals surface area contributed by atoms with Crippen LogP contribution in [0.5, 0.6) is 0 Å². The third kappa shape index (κ3) is 2.83. The maximum Gasteiger partial charge on any atom is 0.261 e. The fourth-order valence-corrected chi connectivity index (χ4v) is 3.64. The van der Waals surface area contributed by atoms with Crippen molar-refractivity contribution in [3.63, 3.8) is 0 Å². The van der Waals surface area contributed by atoms with Gasteiger partial charge in [-0.1, -0.05) is 18.2 Å². The highest BCUT2D eigenvalue weighted by Crippen LogP contribution is 2.26. The van der Waals surface area contributed by atoms with Crippen LogP contribution in [-0.4, -0.2) is 34.7 Å². The average molecular weight is 373 g/mol. The summed E-state index contributed by atoms with van der Waals surface area (Å²) in [5, 5.41) is 3.85. The second kappa shape index (κ2) is 6.56. The van der Waals surface area contributed by atoms with E-state index >= 15 is 0 Å². The van der Waals surface area contributed by atoms with Crippen LogP contribution in [0.1, 0.15) is 37.5 Å². The number of hydrogen-bond donors (Lipinski definition) is 1. The highest BCUT2D eigenvalue weighted by molar-refractivity contribution is 6.21. The number of benzene rings is 2. The van der Waals surface area contributed by atoms with E-state index in [1.807, 2.05) is 38.1 Å². The number of aromatic nitrogens is 1. The zero-order valence-corrected chi connectivity index (χ0v) is 15.9. The molecule has 0 aliphatic carbocycles. The molecular formula is C22H19N3O3. The zero-order chi connectivity index (χ0) is 20.0. The molecule has 0 unspecified atom stereocenters. The van der Waals surface area contributed by atoms with Gasteiger partial charge in [-0.25, -0.2) is 0 Å². The fourth-order valence-electron chi connectivity index (χ4n) is 3.64. The summed E-state index contributed by atoms with van der Waals surface area (Å²) < 4.78 is 0. The summed E-state index contributed by atoms with van der Waals surface area (Å²) in [5.74, 6) is -0.888. The van der Waals surface area contributed by atoms with Crippen LogP contribution in [0, 0.1) is 13.8 Å². The van der Waals surface area contributed by atoms with Gasteiger partial charge in [0.1, 0.15) is 0 Å². The van der Waals surface area contributed by atoms with Crippen LogP contribution < -0.4 is 5.32 Å². The first-order valence-corrected chi connectivity index (χ1v) is 8.98. The Kier molecular flexibility index (Phi) is 4.19. The van der Waals surface area contributed by atoms with Gasteiger partial charge in [-0.15, -0.1) is 0 Å². The second-order valence-corrected chi connectivity index (χ2v) is 6.97. The standard InChI is InChI=1S/C22H19N3O3/c1-12-15-6-4-5-7-19(15)23-13(2)17(12)11-20(26)24-14-8-9-16-18(10-14)22(28)25(3)21(16)27/h4-10H,11H2,1-3H3,(H,24,26). The van der Waals surface area contributed by atoms with E-state index in [2.05, 4.69) is 10.3 Å². The second-order valence-electron chi connectivity index (χ2n) is 6.97. The van der Waals surface area contributed by atoms with E-state index < -0.39 is 0 Å². The number of fused-ring (bicyclic) bond motifs is 2. The molecule has 140 valence electrons. The van der Waals surface area contributed by atoms with Crippen LogP contribution in [0.2, 0.25) is 0 Å². The summed E-state index contributed by atoms with van der Waals surface area (Å²) in [5.41, 5.74) is 4.82. The predicted molar refractivity (Wildman–Crippen MR) is 106 cm³/mol. The predicted octanol–water partition coefficient (Wildman–Crippen LogP) is 3.26. The third-order valence-corrected chi connectivity index (χ3v) is 5.20. The molecular weight excluding hydrogens is 354 g/mol. The van der Waals surface area contributed by atoms with E-state index in [9.17, 15) is 14.4 Å². The first-order chi connectivity index (χ1) is 13.4. The van der Waals surface area contributed by atoms with Crippen LogP contribution in [0.4, 0.5) is 5.69 Å². The lowest BCUT2D eigenvalue weighted by Crippen LogP contribution is -2.24. The summed E-state index contributed by atoms with van der Waals surface area (Å²) in [7, 11) is 1.45. The number of aryl methyl sites for hydroxylation is 2. The lowest BCUT2D eigenvalue weighted by molar-refractivity contribution is -0.115. The molecule has 6 heteroatoms. The van der Waals surface area contributed by atoms with Crippen molar-refractivity contribution in [2.45, 2.75) is 20.3 Å². The normalized spacial score (nSPS) is 13.2. The number of hydrogen-bond acceptors (Lipinski definition) is 4. The third-order valence-electron chi connectivity index (χ3n) is 5.20. The SMILES string of the molecule is Cc1nc2ccccc2c(C)c1CC(=O)Nc1ccc2c(c1)C(=O)N(C)C2=O. The molecule has 0 radical (unpaired) electrons. The minimum atomic E-state index is -0.360. The Morgan fingerprint density at radius 2 is 1.75 bits per heavy atom. The monoisotopic (exact) mass is 373 g/mol. The topological polar surface area (TPSA) is 79.4 Å². The van der Waals surface area contributed by atoms with E-state index in [1.54, 1.807) is 18.2 Å². The number of carbonyl (C=O) groups is 3. The molecule has 1 N–H and O–H groups in total. The molecule has 0 bridgehead atoms. The number of anilines is 1. The number of rotatable bonds is 3. The van der Waals surface area contributed by atoms with E-state index in [0.29, 0.717) is 16.8 Å². The number of pyridine rings is 1. The average Bonchev–Trinajstić information content (AvgIpc) is 2.89. The van der Waals surface area contributed by atoms with Crippen molar-refractivity contribution in [1.29, 1.82) is 0 Å². The molecule has 2 heterocycles. The Morgan fingerprint density at radius 3 is 2.54 bits per heavy atom. The number of nitrogens with one attached hydrogen (secondary N) is 1. The van der Waals surface area contributed by atoms with Gasteiger partial charge in [-0.3, -0.25) is 24.3 Å². The first kappa shape index (κ1) is 17.9. The molecule has 0 saturated carbocycles. The summed E-state index contributed by atoms with van der Waals surface area (Å²) in [4.78, 5) is 42.4. The van der Waals surface area contributed by atoms with Gasteiger partial charge in [0.15, 0.2) is 0 Å². The summed E-state index contributed by atoms with van der Waals surface area (Å²) >= 11 is 0. The van der Waals surface area contributed by atoms with Gasteiger partial charge >= 0.3 is 0 Å². The van der Waals surface area contributed by atoms with Crippen LogP contribution in [0.15, 0.2) is 42.5 Å². The number of para-hydroxylation sites is 1. The molecule has 1 aromatic heterocycles. The summed E-state index contributed by atoms with van der Waals surface area (Å²) in [6, 6.07) is 12.6. The Morgan fingerprint density at radius 1 is 1.04 bits per heavy atom. The Bertz CT molecular complexity index is 1170. The van der Waals surface area contributed by atoms with Crippen molar-refractivity contribution in [3.8, 4) is 0 Å². The van der Waals surface area contributed by atoms with Crippen LogP contribution >= 0.6 is 0 Å². The van der Waals surface area contributed by atoms with E-state index in [0.717, 1.165) is 32.6 Å². The Balaban J connectivity index is 1.59. The Hall–Kier alpha value is -3.54. The largest absolute Gasteiger partial charge is 0.326 e. The van der Waals surface area contributed by atoms with E-state index in [-0.39, 0.29) is 24.1 Å². The molecule has 0 saturated heterocycles. The van der Waals surface area contributed by atoms with Gasteiger partial charge in [0.2, 0.25) is 5.91 Å². The molecule has 0 spiro atoms. The van der Waals surface area contributed by atoms with Crippen molar-refractivity contribution in [2.24, 2.45) is 0 Å². The molecule has 1 aliphatic rings. The highest BCUT2D eigenvalue weighted by atomic mass is 16.2. The van der Waals surface area contributed by atoms with Crippen LogP contribution in [0.3, 0.4) is 0 Å². The molecule has 4 rings (SSSR count). The van der Waals surface area contributed by atoms with Crippen molar-refractivity contribution in [3.05, 3.63) is 70.4 Å². The molecule has 3 aromatic rings. The lowest BCUT2D eigenvalue weighted by Gasteiger charge is -2.13. The quantitative estimate of drug-likeness (QED) is 0.715. The maximum absolute atomic E-state index is 12.6. The highest BCUT2D eigenvalue weighted by Gasteiger charge is 2.32. The minimum absolute atomic E-state index is 0.180. The summed E-state index contributed by atoms with van der Waals surface area (Å²) in [6.07, 6.45) is 0.180. The molecule has 6 nitrogen and oxygen atoms in total. The molecule has 0 atom stereocenters. The van der Waals surface area contributed by atoms with Gasteiger partial charge in [-0.05, 0) is 49.2 Å². The maximum atomic E-state index is 12.6. The van der Waals surface area contributed by atoms with Gasteiger partial charge in [-0.2, -0.15) is 0 Å². The van der Waals surface area contributed by atoms with E-state index in [4.69, 9.17) is 0 Å². The lowest BCUT2D eigenvalue weighted by atomic mass is 9.99. The minimum Gasteiger partial charge on any atom is -0.326 e.